The maximum Gasteiger partial charge on any atom is 0.326 e. The van der Waals surface area contributed by atoms with Crippen LogP contribution in [0.3, 0.4) is 0 Å². The second-order valence-electron chi connectivity index (χ2n) is 6.36. The number of hydrogen-bond donors (Lipinski definition) is 5. The number of aromatic amines is 1. The minimum atomic E-state index is -1.18. The third-order valence-electron chi connectivity index (χ3n) is 4.37. The van der Waals surface area contributed by atoms with E-state index in [-0.39, 0.29) is 13.0 Å². The van der Waals surface area contributed by atoms with Crippen LogP contribution in [0.15, 0.2) is 12.5 Å². The lowest BCUT2D eigenvalue weighted by molar-refractivity contribution is -0.144. The first-order valence-electron chi connectivity index (χ1n) is 8.63. The van der Waals surface area contributed by atoms with Gasteiger partial charge < -0.3 is 31.4 Å². The quantitative estimate of drug-likeness (QED) is 0.346. The highest BCUT2D eigenvalue weighted by Crippen LogP contribution is 2.19. The van der Waals surface area contributed by atoms with Gasteiger partial charge in [-0.25, -0.2) is 9.78 Å². The fourth-order valence-corrected chi connectivity index (χ4v) is 3.00. The lowest BCUT2D eigenvalue weighted by atomic mass is 10.1. The van der Waals surface area contributed by atoms with Gasteiger partial charge in [-0.15, -0.1) is 0 Å². The van der Waals surface area contributed by atoms with Crippen LogP contribution in [0.4, 0.5) is 0 Å². The van der Waals surface area contributed by atoms with Gasteiger partial charge in [-0.05, 0) is 19.8 Å². The molecule has 11 nitrogen and oxygen atoms in total. The number of amides is 3. The third-order valence-corrected chi connectivity index (χ3v) is 4.37. The van der Waals surface area contributed by atoms with Gasteiger partial charge in [0.2, 0.25) is 17.7 Å². The molecule has 2 rings (SSSR count). The number of carboxylic acid groups (broad SMARTS) is 1. The normalized spacial score (nSPS) is 18.6. The Kier molecular flexibility index (Phi) is 6.88. The molecular formula is C16H24N6O5. The van der Waals surface area contributed by atoms with E-state index in [2.05, 4.69) is 20.6 Å². The number of hydrogen-bond acceptors (Lipinski definition) is 6. The Balaban J connectivity index is 2.01. The van der Waals surface area contributed by atoms with Gasteiger partial charge in [-0.3, -0.25) is 14.4 Å². The van der Waals surface area contributed by atoms with E-state index in [1.54, 1.807) is 0 Å². The van der Waals surface area contributed by atoms with Gasteiger partial charge in [-0.1, -0.05) is 0 Å². The van der Waals surface area contributed by atoms with Gasteiger partial charge in [0.05, 0.1) is 12.9 Å². The van der Waals surface area contributed by atoms with Crippen LogP contribution < -0.4 is 16.4 Å². The molecule has 1 aromatic rings. The topological polar surface area (TPSA) is 171 Å². The molecule has 2 heterocycles. The van der Waals surface area contributed by atoms with E-state index >= 15 is 0 Å². The monoisotopic (exact) mass is 380 g/mol. The third kappa shape index (κ3) is 5.26. The highest BCUT2D eigenvalue weighted by molar-refractivity contribution is 5.93. The molecule has 27 heavy (non-hydrogen) atoms. The smallest absolute Gasteiger partial charge is 0.326 e. The number of carbonyl (C=O) groups excluding carboxylic acids is 3. The number of aromatic nitrogens is 2. The minimum Gasteiger partial charge on any atom is -0.480 e. The molecule has 11 heteroatoms. The lowest BCUT2D eigenvalue weighted by Crippen LogP contribution is -2.55. The number of nitrogens with one attached hydrogen (secondary N) is 3. The Morgan fingerprint density at radius 3 is 2.74 bits per heavy atom. The van der Waals surface area contributed by atoms with E-state index in [1.807, 2.05) is 0 Å². The summed E-state index contributed by atoms with van der Waals surface area (Å²) in [5, 5.41) is 14.3. The molecular weight excluding hydrogens is 356 g/mol. The first kappa shape index (κ1) is 20.4. The summed E-state index contributed by atoms with van der Waals surface area (Å²) in [7, 11) is 0. The van der Waals surface area contributed by atoms with Crippen molar-refractivity contribution in [3.63, 3.8) is 0 Å². The largest absolute Gasteiger partial charge is 0.480 e. The molecule has 0 radical (unpaired) electrons. The average Bonchev–Trinajstić information content (AvgIpc) is 3.31. The van der Waals surface area contributed by atoms with Crippen molar-refractivity contribution >= 4 is 23.7 Å². The highest BCUT2D eigenvalue weighted by Gasteiger charge is 2.37. The molecule has 148 valence electrons. The van der Waals surface area contributed by atoms with Crippen molar-refractivity contribution < 1.29 is 24.3 Å². The lowest BCUT2D eigenvalue weighted by Gasteiger charge is -2.28. The van der Waals surface area contributed by atoms with Crippen molar-refractivity contribution in [2.75, 3.05) is 13.1 Å². The van der Waals surface area contributed by atoms with Crippen LogP contribution in [-0.4, -0.2) is 74.9 Å². The molecule has 1 aliphatic heterocycles. The average molecular weight is 380 g/mol. The van der Waals surface area contributed by atoms with Crippen LogP contribution in [0.25, 0.3) is 0 Å². The minimum absolute atomic E-state index is 0.0463. The second kappa shape index (κ2) is 9.12. The molecule has 3 unspecified atom stereocenters. The number of H-pyrrole nitrogens is 1. The Morgan fingerprint density at radius 2 is 2.15 bits per heavy atom. The summed E-state index contributed by atoms with van der Waals surface area (Å²) in [5.41, 5.74) is 5.79. The van der Waals surface area contributed by atoms with Crippen molar-refractivity contribution in [2.24, 2.45) is 5.73 Å². The predicted molar refractivity (Wildman–Crippen MR) is 93.3 cm³/mol. The summed E-state index contributed by atoms with van der Waals surface area (Å²) in [6, 6.07) is -2.75. The summed E-state index contributed by atoms with van der Waals surface area (Å²) in [4.78, 5) is 56.0. The molecule has 1 fully saturated rings. The first-order valence-corrected chi connectivity index (χ1v) is 8.63. The van der Waals surface area contributed by atoms with E-state index in [9.17, 15) is 24.3 Å². The molecule has 1 saturated heterocycles. The zero-order chi connectivity index (χ0) is 20.0. The van der Waals surface area contributed by atoms with E-state index < -0.39 is 41.8 Å². The van der Waals surface area contributed by atoms with Gasteiger partial charge >= 0.3 is 5.97 Å². The number of nitrogens with two attached hydrogens (primary N) is 1. The molecule has 1 aliphatic rings. The molecule has 1 aromatic heterocycles. The Morgan fingerprint density at radius 1 is 1.41 bits per heavy atom. The molecule has 0 aromatic carbocycles. The van der Waals surface area contributed by atoms with Crippen LogP contribution in [0, 0.1) is 0 Å². The standard InChI is InChI=1S/C16H24N6O5/c1-9(20-13(23)6-17)15(25)22-4-2-3-12(22)14(24)21-11(16(26)27)5-10-7-18-8-19-10/h7-9,11-12H,2-6,17H2,1H3,(H,18,19)(H,20,23)(H,21,24)(H,26,27). The first-order chi connectivity index (χ1) is 12.8. The zero-order valence-corrected chi connectivity index (χ0v) is 15.0. The number of aliphatic carboxylic acids is 1. The van der Waals surface area contributed by atoms with Crippen LogP contribution >= 0.6 is 0 Å². The van der Waals surface area contributed by atoms with Crippen LogP contribution in [0.1, 0.15) is 25.5 Å². The summed E-state index contributed by atoms with van der Waals surface area (Å²) in [5.74, 6) is -2.60. The SMILES string of the molecule is CC(NC(=O)CN)C(=O)N1CCCC1C(=O)NC(Cc1cnc[nH]1)C(=O)O. The summed E-state index contributed by atoms with van der Waals surface area (Å²) < 4.78 is 0. The van der Waals surface area contributed by atoms with Crippen molar-refractivity contribution in [3.05, 3.63) is 18.2 Å². The van der Waals surface area contributed by atoms with E-state index in [0.717, 1.165) is 0 Å². The van der Waals surface area contributed by atoms with E-state index in [4.69, 9.17) is 5.73 Å². The summed E-state index contributed by atoms with van der Waals surface area (Å²) >= 11 is 0. The Labute approximate surface area is 155 Å². The van der Waals surface area contributed by atoms with Gasteiger partial charge in [0.1, 0.15) is 18.1 Å². The van der Waals surface area contributed by atoms with Crippen molar-refractivity contribution in [3.8, 4) is 0 Å². The maximum absolute atomic E-state index is 12.6. The molecule has 0 aliphatic carbocycles. The molecule has 6 N–H and O–H groups in total. The number of likely N-dealkylation sites (tertiary alicyclic amines) is 1. The molecule has 0 bridgehead atoms. The molecule has 3 amide bonds. The van der Waals surface area contributed by atoms with Gasteiger partial charge in [0, 0.05) is 24.9 Å². The maximum atomic E-state index is 12.6. The van der Waals surface area contributed by atoms with Gasteiger partial charge in [-0.2, -0.15) is 0 Å². The number of nitrogens with zero attached hydrogens (tertiary/aromatic N) is 2. The fraction of sp³-hybridized carbons (Fsp3) is 0.562. The summed E-state index contributed by atoms with van der Waals surface area (Å²) in [6.07, 6.45) is 3.98. The van der Waals surface area contributed by atoms with Crippen LogP contribution in [0.2, 0.25) is 0 Å². The fourth-order valence-electron chi connectivity index (χ4n) is 3.00. The number of carbonyl (C=O) groups is 4. The van der Waals surface area contributed by atoms with Crippen molar-refractivity contribution in [2.45, 2.75) is 44.3 Å². The van der Waals surface area contributed by atoms with Crippen LogP contribution in [-0.2, 0) is 25.6 Å². The number of carboxylic acids is 1. The number of rotatable bonds is 8. The van der Waals surface area contributed by atoms with Crippen molar-refractivity contribution in [1.82, 2.24) is 25.5 Å². The summed E-state index contributed by atoms with van der Waals surface area (Å²) in [6.45, 7) is 1.63. The molecule has 0 saturated carbocycles. The molecule has 3 atom stereocenters. The second-order valence-corrected chi connectivity index (χ2v) is 6.36. The van der Waals surface area contributed by atoms with Crippen molar-refractivity contribution in [1.29, 1.82) is 0 Å². The Bertz CT molecular complexity index is 691. The number of imidazole rings is 1. The Hall–Kier alpha value is -2.95. The van der Waals surface area contributed by atoms with E-state index in [1.165, 1.54) is 24.3 Å². The van der Waals surface area contributed by atoms with Gasteiger partial charge in [0.15, 0.2) is 0 Å². The highest BCUT2D eigenvalue weighted by atomic mass is 16.4. The zero-order valence-electron chi connectivity index (χ0n) is 15.0. The van der Waals surface area contributed by atoms with E-state index in [0.29, 0.717) is 25.1 Å². The van der Waals surface area contributed by atoms with Gasteiger partial charge in [0.25, 0.3) is 0 Å². The van der Waals surface area contributed by atoms with Crippen LogP contribution in [0.5, 0.6) is 0 Å². The predicted octanol–water partition coefficient (Wildman–Crippen LogP) is -2.02. The molecule has 0 spiro atoms.